The van der Waals surface area contributed by atoms with Crippen LogP contribution in [-0.4, -0.2) is 13.6 Å². The van der Waals surface area contributed by atoms with E-state index >= 15 is 0 Å². The maximum Gasteiger partial charge on any atom is -0.00236 e. The molecule has 1 N–H and O–H groups in total. The van der Waals surface area contributed by atoms with Crippen LogP contribution in [-0.2, 0) is 0 Å². The zero-order valence-electron chi connectivity index (χ0n) is 8.93. The molecule has 72 valence electrons. The lowest BCUT2D eigenvalue weighted by Crippen LogP contribution is -2.22. The molecule has 0 spiro atoms. The van der Waals surface area contributed by atoms with Crippen LogP contribution in [0.2, 0.25) is 0 Å². The summed E-state index contributed by atoms with van der Waals surface area (Å²) in [4.78, 5) is 0. The molecule has 0 aromatic heterocycles. The van der Waals surface area contributed by atoms with E-state index in [1.165, 1.54) is 6.42 Å². The second-order valence-corrected chi connectivity index (χ2v) is 3.96. The van der Waals surface area contributed by atoms with Gasteiger partial charge in [-0.1, -0.05) is 26.8 Å². The van der Waals surface area contributed by atoms with Gasteiger partial charge in [-0.3, -0.25) is 0 Å². The van der Waals surface area contributed by atoms with Crippen LogP contribution >= 0.6 is 0 Å². The Morgan fingerprint density at radius 1 is 1.25 bits per heavy atom. The number of allylic oxidation sites excluding steroid dienone is 1. The molecule has 0 saturated carbocycles. The highest BCUT2D eigenvalue weighted by Gasteiger charge is 2.12. The lowest BCUT2D eigenvalue weighted by atomic mass is 9.87. The molecule has 0 bridgehead atoms. The SMILES string of the molecule is C=CC(C)CC(C)C(C)CNC. The molecule has 0 rings (SSSR count). The third-order valence-electron chi connectivity index (χ3n) is 2.64. The van der Waals surface area contributed by atoms with E-state index in [4.69, 9.17) is 0 Å². The number of rotatable bonds is 6. The molecular formula is C11H23N. The van der Waals surface area contributed by atoms with Crippen LogP contribution in [0.1, 0.15) is 27.2 Å². The van der Waals surface area contributed by atoms with Crippen molar-refractivity contribution in [1.29, 1.82) is 0 Å². The van der Waals surface area contributed by atoms with Crippen LogP contribution < -0.4 is 5.32 Å². The summed E-state index contributed by atoms with van der Waals surface area (Å²) in [6.07, 6.45) is 3.30. The van der Waals surface area contributed by atoms with Crippen molar-refractivity contribution in [2.75, 3.05) is 13.6 Å². The first-order chi connectivity index (χ1) is 5.61. The smallest absolute Gasteiger partial charge is 0.00236 e. The molecule has 1 heteroatoms. The molecule has 0 aromatic carbocycles. The fourth-order valence-corrected chi connectivity index (χ4v) is 1.44. The molecule has 3 unspecified atom stereocenters. The molecule has 3 atom stereocenters. The lowest BCUT2D eigenvalue weighted by molar-refractivity contribution is 0.329. The van der Waals surface area contributed by atoms with Crippen molar-refractivity contribution in [2.24, 2.45) is 17.8 Å². The average Bonchev–Trinajstić information content (AvgIpc) is 2.04. The third-order valence-corrected chi connectivity index (χ3v) is 2.64. The fraction of sp³-hybridized carbons (Fsp3) is 0.818. The predicted octanol–water partition coefficient (Wildman–Crippen LogP) is 2.69. The number of hydrogen-bond acceptors (Lipinski definition) is 1. The Labute approximate surface area is 77.2 Å². The summed E-state index contributed by atoms with van der Waals surface area (Å²) in [6, 6.07) is 0. The molecule has 0 fully saturated rings. The highest BCUT2D eigenvalue weighted by atomic mass is 14.8. The molecule has 0 aliphatic rings. The normalized spacial score (nSPS) is 18.3. The Morgan fingerprint density at radius 2 is 1.83 bits per heavy atom. The van der Waals surface area contributed by atoms with E-state index in [-0.39, 0.29) is 0 Å². The van der Waals surface area contributed by atoms with Gasteiger partial charge >= 0.3 is 0 Å². The van der Waals surface area contributed by atoms with E-state index < -0.39 is 0 Å². The van der Waals surface area contributed by atoms with Crippen molar-refractivity contribution in [3.05, 3.63) is 12.7 Å². The summed E-state index contributed by atoms with van der Waals surface area (Å²) in [5.74, 6) is 2.20. The van der Waals surface area contributed by atoms with Gasteiger partial charge in [0.15, 0.2) is 0 Å². The van der Waals surface area contributed by atoms with E-state index in [0.29, 0.717) is 5.92 Å². The zero-order valence-corrected chi connectivity index (χ0v) is 8.93. The minimum Gasteiger partial charge on any atom is -0.319 e. The summed E-state index contributed by atoms with van der Waals surface area (Å²) in [5, 5.41) is 3.21. The highest BCUT2D eigenvalue weighted by molar-refractivity contribution is 4.78. The Kier molecular flexibility index (Phi) is 6.09. The summed E-state index contributed by atoms with van der Waals surface area (Å²) >= 11 is 0. The second-order valence-electron chi connectivity index (χ2n) is 3.96. The van der Waals surface area contributed by atoms with Gasteiger partial charge in [-0.25, -0.2) is 0 Å². The van der Waals surface area contributed by atoms with Crippen molar-refractivity contribution < 1.29 is 0 Å². The summed E-state index contributed by atoms with van der Waals surface area (Å²) in [7, 11) is 2.01. The maximum absolute atomic E-state index is 3.80. The van der Waals surface area contributed by atoms with Gasteiger partial charge in [0, 0.05) is 0 Å². The summed E-state index contributed by atoms with van der Waals surface area (Å²) in [5.41, 5.74) is 0. The monoisotopic (exact) mass is 169 g/mol. The van der Waals surface area contributed by atoms with E-state index in [2.05, 4.69) is 32.7 Å². The number of nitrogens with one attached hydrogen (secondary N) is 1. The first kappa shape index (κ1) is 11.7. The van der Waals surface area contributed by atoms with Gasteiger partial charge < -0.3 is 5.32 Å². The lowest BCUT2D eigenvalue weighted by Gasteiger charge is -2.21. The molecule has 0 radical (unpaired) electrons. The third kappa shape index (κ3) is 4.55. The molecule has 0 amide bonds. The highest BCUT2D eigenvalue weighted by Crippen LogP contribution is 2.19. The van der Waals surface area contributed by atoms with Gasteiger partial charge in [0.05, 0.1) is 0 Å². The minimum atomic E-state index is 0.652. The molecule has 0 saturated heterocycles. The van der Waals surface area contributed by atoms with Crippen molar-refractivity contribution in [3.63, 3.8) is 0 Å². The largest absolute Gasteiger partial charge is 0.319 e. The summed E-state index contributed by atoms with van der Waals surface area (Å²) < 4.78 is 0. The van der Waals surface area contributed by atoms with Gasteiger partial charge in [-0.2, -0.15) is 0 Å². The Bertz CT molecular complexity index is 120. The standard InChI is InChI=1S/C11H23N/c1-6-9(2)7-10(3)11(4)8-12-5/h6,9-12H,1,7-8H2,2-5H3. The van der Waals surface area contributed by atoms with Crippen LogP contribution in [0.5, 0.6) is 0 Å². The Hall–Kier alpha value is -0.300. The first-order valence-corrected chi connectivity index (χ1v) is 4.89. The van der Waals surface area contributed by atoms with Gasteiger partial charge in [0.25, 0.3) is 0 Å². The van der Waals surface area contributed by atoms with Gasteiger partial charge in [0.1, 0.15) is 0 Å². The van der Waals surface area contributed by atoms with Crippen molar-refractivity contribution in [3.8, 4) is 0 Å². The van der Waals surface area contributed by atoms with Gasteiger partial charge in [-0.05, 0) is 37.8 Å². The van der Waals surface area contributed by atoms with Crippen molar-refractivity contribution in [1.82, 2.24) is 5.32 Å². The van der Waals surface area contributed by atoms with Crippen LogP contribution in [0.15, 0.2) is 12.7 Å². The fourth-order valence-electron chi connectivity index (χ4n) is 1.44. The molecule has 0 aliphatic carbocycles. The first-order valence-electron chi connectivity index (χ1n) is 4.89. The van der Waals surface area contributed by atoms with Crippen LogP contribution in [0.25, 0.3) is 0 Å². The van der Waals surface area contributed by atoms with Crippen LogP contribution in [0, 0.1) is 17.8 Å². The molecule has 12 heavy (non-hydrogen) atoms. The molecule has 0 heterocycles. The van der Waals surface area contributed by atoms with E-state index in [1.54, 1.807) is 0 Å². The second kappa shape index (κ2) is 6.24. The molecule has 0 aromatic rings. The molecule has 0 aliphatic heterocycles. The quantitative estimate of drug-likeness (QED) is 0.603. The Morgan fingerprint density at radius 3 is 2.25 bits per heavy atom. The van der Waals surface area contributed by atoms with Crippen LogP contribution in [0.3, 0.4) is 0 Å². The van der Waals surface area contributed by atoms with Crippen molar-refractivity contribution >= 4 is 0 Å². The van der Waals surface area contributed by atoms with Crippen LogP contribution in [0.4, 0.5) is 0 Å². The number of hydrogen-bond donors (Lipinski definition) is 1. The van der Waals surface area contributed by atoms with Gasteiger partial charge in [0.2, 0.25) is 0 Å². The Balaban J connectivity index is 3.69. The molecule has 1 nitrogen and oxygen atoms in total. The van der Waals surface area contributed by atoms with Crippen molar-refractivity contribution in [2.45, 2.75) is 27.2 Å². The van der Waals surface area contributed by atoms with E-state index in [9.17, 15) is 0 Å². The topological polar surface area (TPSA) is 12.0 Å². The maximum atomic E-state index is 3.80. The average molecular weight is 169 g/mol. The van der Waals surface area contributed by atoms with E-state index in [0.717, 1.165) is 18.4 Å². The molecular weight excluding hydrogens is 146 g/mol. The zero-order chi connectivity index (χ0) is 9.56. The predicted molar refractivity (Wildman–Crippen MR) is 56.2 cm³/mol. The minimum absolute atomic E-state index is 0.652. The van der Waals surface area contributed by atoms with E-state index in [1.807, 2.05) is 13.1 Å². The summed E-state index contributed by atoms with van der Waals surface area (Å²) in [6.45, 7) is 11.8. The van der Waals surface area contributed by atoms with Gasteiger partial charge in [-0.15, -0.1) is 6.58 Å².